The fraction of sp³-hybridized carbons (Fsp3) is 0.357. The number of hydrogen-bond donors (Lipinski definition) is 2. The van der Waals surface area contributed by atoms with Crippen molar-refractivity contribution >= 4 is 12.0 Å². The minimum Gasteiger partial charge on any atom is -0.295 e. The van der Waals surface area contributed by atoms with Crippen LogP contribution < -0.4 is 10.4 Å². The van der Waals surface area contributed by atoms with Crippen molar-refractivity contribution in [3.63, 3.8) is 0 Å². The molecule has 18 heavy (non-hydrogen) atoms. The van der Waals surface area contributed by atoms with Crippen molar-refractivity contribution < 1.29 is 9.80 Å². The van der Waals surface area contributed by atoms with Crippen LogP contribution in [-0.2, 0) is 4.79 Å². The molecule has 0 spiro atoms. The zero-order valence-electron chi connectivity index (χ0n) is 10.7. The number of benzene rings is 1. The maximum absolute atomic E-state index is 11.7. The average molecular weight is 246 g/mol. The van der Waals surface area contributed by atoms with E-state index in [2.05, 4.69) is 17.4 Å². The third-order valence-electron chi connectivity index (χ3n) is 3.12. The van der Waals surface area contributed by atoms with Gasteiger partial charge in [0.2, 0.25) is 0 Å². The highest BCUT2D eigenvalue weighted by atomic mass is 16.2. The summed E-state index contributed by atoms with van der Waals surface area (Å²) in [6.45, 7) is 3.97. The molecule has 4 nitrogen and oxygen atoms in total. The third-order valence-corrected chi connectivity index (χ3v) is 3.12. The van der Waals surface area contributed by atoms with Gasteiger partial charge in [-0.25, -0.2) is 5.01 Å². The zero-order valence-corrected chi connectivity index (χ0v) is 10.7. The molecule has 0 atom stereocenters. The molecule has 1 aromatic carbocycles. The minimum atomic E-state index is -0.0293. The third kappa shape index (κ3) is 3.98. The first-order valence-electron chi connectivity index (χ1n) is 6.31. The Kier molecular flexibility index (Phi) is 4.50. The summed E-state index contributed by atoms with van der Waals surface area (Å²) in [5, 5.41) is 1.15. The molecule has 1 aliphatic rings. The standard InChI is InChI=1S/C14H19N3O/c1-16-9-11-17(12-10-16)15-14(18)8-7-13-5-3-2-4-6-13/h2-8H,9-12H2,1H3,(H,15,18)/p+1. The number of amides is 1. The maximum atomic E-state index is 11.7. The fourth-order valence-corrected chi connectivity index (χ4v) is 1.97. The normalized spacial score (nSPS) is 18.1. The van der Waals surface area contributed by atoms with Crippen LogP contribution >= 0.6 is 0 Å². The number of nitrogens with zero attached hydrogens (tertiary/aromatic N) is 1. The molecule has 1 fully saturated rings. The monoisotopic (exact) mass is 246 g/mol. The first-order chi connectivity index (χ1) is 8.74. The summed E-state index contributed by atoms with van der Waals surface area (Å²) in [7, 11) is 2.11. The molecule has 0 radical (unpaired) electrons. The number of likely N-dealkylation sites (N-methyl/N-ethyl adjacent to an activating group) is 1. The van der Waals surface area contributed by atoms with E-state index in [0.717, 1.165) is 36.8 Å². The van der Waals surface area contributed by atoms with E-state index in [0.29, 0.717) is 0 Å². The van der Waals surface area contributed by atoms with Gasteiger partial charge in [-0.2, -0.15) is 5.43 Å². The first-order valence-corrected chi connectivity index (χ1v) is 6.31. The number of rotatable bonds is 3. The van der Waals surface area contributed by atoms with Gasteiger partial charge in [-0.05, 0) is 18.7 Å². The van der Waals surface area contributed by atoms with Gasteiger partial charge >= 0.3 is 0 Å². The lowest BCUT2D eigenvalue weighted by molar-refractivity contribution is -0.939. The summed E-state index contributed by atoms with van der Waals surface area (Å²) >= 11 is 0. The van der Waals surface area contributed by atoms with E-state index < -0.39 is 0 Å². The number of carbonyl (C=O) groups is 1. The predicted octanol–water partition coefficient (Wildman–Crippen LogP) is -0.439. The van der Waals surface area contributed by atoms with Crippen LogP contribution in [0.5, 0.6) is 0 Å². The van der Waals surface area contributed by atoms with E-state index in [1.807, 2.05) is 36.4 Å². The van der Waals surface area contributed by atoms with E-state index in [-0.39, 0.29) is 5.91 Å². The second kappa shape index (κ2) is 6.33. The van der Waals surface area contributed by atoms with Gasteiger partial charge in [-0.15, -0.1) is 0 Å². The largest absolute Gasteiger partial charge is 0.295 e. The van der Waals surface area contributed by atoms with Crippen molar-refractivity contribution in [2.45, 2.75) is 0 Å². The molecule has 1 saturated heterocycles. The molecule has 2 rings (SSSR count). The topological polar surface area (TPSA) is 36.8 Å². The van der Waals surface area contributed by atoms with Gasteiger partial charge in [0.1, 0.15) is 13.1 Å². The van der Waals surface area contributed by atoms with E-state index >= 15 is 0 Å². The summed E-state index contributed by atoms with van der Waals surface area (Å²) < 4.78 is 0. The molecule has 1 amide bonds. The average Bonchev–Trinajstić information content (AvgIpc) is 2.40. The molecule has 0 aliphatic carbocycles. The molecular weight excluding hydrogens is 226 g/mol. The molecule has 0 bridgehead atoms. The van der Waals surface area contributed by atoms with Crippen molar-refractivity contribution in [3.05, 3.63) is 42.0 Å². The Bertz CT molecular complexity index is 408. The van der Waals surface area contributed by atoms with Gasteiger partial charge < -0.3 is 0 Å². The molecule has 0 saturated carbocycles. The molecule has 96 valence electrons. The Balaban J connectivity index is 1.80. The highest BCUT2D eigenvalue weighted by molar-refractivity contribution is 5.90. The predicted molar refractivity (Wildman–Crippen MR) is 71.8 cm³/mol. The summed E-state index contributed by atoms with van der Waals surface area (Å²) in [5.41, 5.74) is 4.02. The van der Waals surface area contributed by atoms with Gasteiger partial charge in [0, 0.05) is 19.2 Å². The highest BCUT2D eigenvalue weighted by Crippen LogP contribution is 1.99. The Morgan fingerprint density at radius 1 is 1.28 bits per heavy atom. The van der Waals surface area contributed by atoms with Gasteiger partial charge in [0.25, 0.3) is 5.91 Å². The molecule has 1 aliphatic heterocycles. The van der Waals surface area contributed by atoms with Crippen LogP contribution in [0.1, 0.15) is 5.56 Å². The minimum absolute atomic E-state index is 0.0293. The van der Waals surface area contributed by atoms with Crippen molar-refractivity contribution in [2.75, 3.05) is 33.2 Å². The van der Waals surface area contributed by atoms with E-state index in [4.69, 9.17) is 0 Å². The second-order valence-electron chi connectivity index (χ2n) is 4.64. The molecule has 4 heteroatoms. The number of carbonyl (C=O) groups excluding carboxylic acids is 1. The SMILES string of the molecule is CN1CC[NH+](NC(=O)C=Cc2ccccc2)CC1. The Morgan fingerprint density at radius 2 is 1.94 bits per heavy atom. The molecule has 1 heterocycles. The molecule has 1 aromatic rings. The fourth-order valence-electron chi connectivity index (χ4n) is 1.97. The van der Waals surface area contributed by atoms with E-state index in [1.54, 1.807) is 6.08 Å². The number of piperazine rings is 1. The smallest absolute Gasteiger partial charge is 0.288 e. The lowest BCUT2D eigenvalue weighted by Crippen LogP contribution is -3.21. The van der Waals surface area contributed by atoms with E-state index in [9.17, 15) is 4.79 Å². The lowest BCUT2D eigenvalue weighted by atomic mass is 10.2. The van der Waals surface area contributed by atoms with Crippen LogP contribution in [-0.4, -0.2) is 44.0 Å². The van der Waals surface area contributed by atoms with Crippen LogP contribution in [0.2, 0.25) is 0 Å². The second-order valence-corrected chi connectivity index (χ2v) is 4.64. The number of quaternary nitrogens is 1. The summed E-state index contributed by atoms with van der Waals surface area (Å²) in [4.78, 5) is 14.0. The van der Waals surface area contributed by atoms with Gasteiger partial charge in [-0.3, -0.25) is 9.69 Å². The van der Waals surface area contributed by atoms with Crippen molar-refractivity contribution in [3.8, 4) is 0 Å². The Labute approximate surface area is 108 Å². The highest BCUT2D eigenvalue weighted by Gasteiger charge is 2.18. The van der Waals surface area contributed by atoms with Crippen LogP contribution in [0.15, 0.2) is 36.4 Å². The lowest BCUT2D eigenvalue weighted by Gasteiger charge is -2.28. The summed E-state index contributed by atoms with van der Waals surface area (Å²) in [6, 6.07) is 9.84. The molecule has 0 unspecified atom stereocenters. The number of nitrogens with one attached hydrogen (secondary N) is 2. The molecule has 0 aromatic heterocycles. The van der Waals surface area contributed by atoms with Crippen molar-refractivity contribution in [1.82, 2.24) is 10.3 Å². The van der Waals surface area contributed by atoms with Crippen molar-refractivity contribution in [1.29, 1.82) is 0 Å². The maximum Gasteiger partial charge on any atom is 0.288 e. The molecular formula is C14H20N3O+. The first kappa shape index (κ1) is 12.8. The quantitative estimate of drug-likeness (QED) is 0.710. The Morgan fingerprint density at radius 3 is 2.61 bits per heavy atom. The van der Waals surface area contributed by atoms with Crippen LogP contribution in [0.4, 0.5) is 0 Å². The Hall–Kier alpha value is -1.65. The van der Waals surface area contributed by atoms with Crippen LogP contribution in [0.25, 0.3) is 6.08 Å². The van der Waals surface area contributed by atoms with E-state index in [1.165, 1.54) is 0 Å². The summed E-state index contributed by atoms with van der Waals surface area (Å²) in [6.07, 6.45) is 3.44. The van der Waals surface area contributed by atoms with Crippen LogP contribution in [0, 0.1) is 0 Å². The number of hydrogen-bond acceptors (Lipinski definition) is 2. The van der Waals surface area contributed by atoms with Gasteiger partial charge in [0.15, 0.2) is 0 Å². The van der Waals surface area contributed by atoms with Gasteiger partial charge in [-0.1, -0.05) is 30.3 Å². The molecule has 2 N–H and O–H groups in total. The summed E-state index contributed by atoms with van der Waals surface area (Å²) in [5.74, 6) is -0.0293. The van der Waals surface area contributed by atoms with Gasteiger partial charge in [0.05, 0.1) is 0 Å². The van der Waals surface area contributed by atoms with Crippen LogP contribution in [0.3, 0.4) is 0 Å². The van der Waals surface area contributed by atoms with Crippen molar-refractivity contribution in [2.24, 2.45) is 0 Å². The zero-order chi connectivity index (χ0) is 12.8.